The number of rotatable bonds is 10. The number of aromatic nitrogens is 2. The van der Waals surface area contributed by atoms with Gasteiger partial charge in [0.15, 0.2) is 5.78 Å². The molecule has 45 heavy (non-hydrogen) atoms. The molecular formula is C33H28F3N3O5S. The fourth-order valence-corrected chi connectivity index (χ4v) is 6.96. The lowest BCUT2D eigenvalue weighted by Gasteiger charge is -2.21. The van der Waals surface area contributed by atoms with Crippen LogP contribution >= 0.6 is 0 Å². The maximum absolute atomic E-state index is 13.5. The molecule has 2 aromatic heterocycles. The van der Waals surface area contributed by atoms with Crippen molar-refractivity contribution in [1.29, 1.82) is 0 Å². The molecule has 12 heteroatoms. The Morgan fingerprint density at radius 2 is 1.69 bits per heavy atom. The number of carbonyl (C=O) groups is 1. The van der Waals surface area contributed by atoms with Crippen molar-refractivity contribution in [2.24, 2.45) is 0 Å². The number of benzene rings is 3. The van der Waals surface area contributed by atoms with Gasteiger partial charge in [0.2, 0.25) is 5.09 Å². The van der Waals surface area contributed by atoms with Crippen LogP contribution < -0.4 is 4.74 Å². The van der Waals surface area contributed by atoms with E-state index in [-0.39, 0.29) is 42.9 Å². The second kappa shape index (κ2) is 12.4. The molecule has 3 heterocycles. The molecule has 8 nitrogen and oxygen atoms in total. The van der Waals surface area contributed by atoms with E-state index in [2.05, 4.69) is 9.97 Å². The van der Waals surface area contributed by atoms with Crippen LogP contribution in [0.2, 0.25) is 0 Å². The Bertz CT molecular complexity index is 1890. The van der Waals surface area contributed by atoms with Crippen molar-refractivity contribution in [2.75, 3.05) is 6.54 Å². The first-order valence-corrected chi connectivity index (χ1v) is 15.8. The highest BCUT2D eigenvalue weighted by Crippen LogP contribution is 2.33. The summed E-state index contributed by atoms with van der Waals surface area (Å²) in [4.78, 5) is 22.3. The second-order valence-corrected chi connectivity index (χ2v) is 12.5. The summed E-state index contributed by atoms with van der Waals surface area (Å²) in [5.74, 6) is -0.270. The summed E-state index contributed by atoms with van der Waals surface area (Å²) in [6, 6.07) is 23.1. The van der Waals surface area contributed by atoms with Crippen molar-refractivity contribution in [1.82, 2.24) is 14.3 Å². The van der Waals surface area contributed by atoms with Gasteiger partial charge in [-0.15, -0.1) is 0 Å². The van der Waals surface area contributed by atoms with E-state index in [1.54, 1.807) is 30.3 Å². The monoisotopic (exact) mass is 635 g/mol. The number of ketones is 1. The van der Waals surface area contributed by atoms with E-state index in [0.29, 0.717) is 40.8 Å². The van der Waals surface area contributed by atoms with Crippen LogP contribution in [-0.2, 0) is 34.0 Å². The van der Waals surface area contributed by atoms with E-state index in [1.807, 2.05) is 30.3 Å². The summed E-state index contributed by atoms with van der Waals surface area (Å²) in [5, 5.41) is 0.441. The van der Waals surface area contributed by atoms with Gasteiger partial charge in [-0.3, -0.25) is 4.79 Å². The fraction of sp³-hybridized carbons (Fsp3) is 0.242. The van der Waals surface area contributed by atoms with E-state index in [4.69, 9.17) is 9.15 Å². The Labute approximate surface area is 257 Å². The molecule has 0 saturated carbocycles. The molecule has 0 radical (unpaired) electrons. The molecule has 0 bridgehead atoms. The molecule has 1 fully saturated rings. The summed E-state index contributed by atoms with van der Waals surface area (Å²) in [5.41, 5.74) is 1.70. The molecule has 1 atom stereocenters. The van der Waals surface area contributed by atoms with E-state index in [1.165, 1.54) is 22.5 Å². The van der Waals surface area contributed by atoms with Crippen LogP contribution in [0.4, 0.5) is 13.2 Å². The SMILES string of the molecule is O=C(CCc1cc(-c2ccc(C(F)(F)F)cc2)nc(OCc2ccccc2)n1)C1CCCN1S(=O)(=O)c1cc2ccccc2o1. The number of hydrogen-bond donors (Lipinski definition) is 0. The first-order valence-electron chi connectivity index (χ1n) is 14.3. The van der Waals surface area contributed by atoms with Crippen molar-refractivity contribution in [2.45, 2.75) is 49.6 Å². The molecule has 0 N–H and O–H groups in total. The van der Waals surface area contributed by atoms with Gasteiger partial charge in [-0.2, -0.15) is 22.5 Å². The predicted molar refractivity (Wildman–Crippen MR) is 160 cm³/mol. The van der Waals surface area contributed by atoms with Crippen LogP contribution in [-0.4, -0.2) is 41.1 Å². The number of hydrogen-bond acceptors (Lipinski definition) is 7. The Morgan fingerprint density at radius 1 is 0.956 bits per heavy atom. The van der Waals surface area contributed by atoms with E-state index < -0.39 is 27.8 Å². The quantitative estimate of drug-likeness (QED) is 0.166. The first kappa shape index (κ1) is 30.5. The lowest BCUT2D eigenvalue weighted by atomic mass is 10.0. The number of fused-ring (bicyclic) bond motifs is 1. The maximum Gasteiger partial charge on any atom is 0.416 e. The number of para-hydroxylation sites is 1. The molecule has 1 saturated heterocycles. The number of alkyl halides is 3. The lowest BCUT2D eigenvalue weighted by molar-refractivity contribution is -0.137. The maximum atomic E-state index is 13.5. The topological polar surface area (TPSA) is 103 Å². The highest BCUT2D eigenvalue weighted by Gasteiger charge is 2.40. The number of nitrogens with zero attached hydrogens (tertiary/aromatic N) is 3. The van der Waals surface area contributed by atoms with Crippen LogP contribution in [0.5, 0.6) is 6.01 Å². The molecule has 1 aliphatic heterocycles. The lowest BCUT2D eigenvalue weighted by Crippen LogP contribution is -2.40. The van der Waals surface area contributed by atoms with Gasteiger partial charge in [0, 0.05) is 35.7 Å². The Hall–Kier alpha value is -4.55. The Balaban J connectivity index is 1.21. The van der Waals surface area contributed by atoms with Gasteiger partial charge in [0.05, 0.1) is 17.3 Å². The molecule has 1 unspecified atom stereocenters. The minimum atomic E-state index is -4.48. The average Bonchev–Trinajstić information content (AvgIpc) is 3.72. The smallest absolute Gasteiger partial charge is 0.416 e. The second-order valence-electron chi connectivity index (χ2n) is 10.7. The summed E-state index contributed by atoms with van der Waals surface area (Å²) in [7, 11) is -4.05. The third kappa shape index (κ3) is 6.76. The molecule has 0 aliphatic carbocycles. The molecule has 3 aromatic carbocycles. The minimum absolute atomic E-state index is 0.00801. The van der Waals surface area contributed by atoms with Gasteiger partial charge in [0.25, 0.3) is 10.0 Å². The fourth-order valence-electron chi connectivity index (χ4n) is 5.33. The molecule has 1 aliphatic rings. The van der Waals surface area contributed by atoms with Crippen molar-refractivity contribution < 1.29 is 35.5 Å². The van der Waals surface area contributed by atoms with Crippen LogP contribution in [0.15, 0.2) is 101 Å². The standard InChI is InChI=1S/C33H28F3N3O5S/c34-33(35,36)25-14-12-23(13-15-25)27-20-26(37-32(38-27)43-21-22-7-2-1-3-8-22)16-17-29(40)28-10-6-18-39(28)45(41,42)31-19-24-9-4-5-11-30(24)44-31/h1-5,7-9,11-15,19-20,28H,6,10,16-18,21H2. The summed E-state index contributed by atoms with van der Waals surface area (Å²) in [6.45, 7) is 0.352. The number of Topliss-reactive ketones (excluding diaryl/α,β-unsaturated/α-hetero) is 1. The van der Waals surface area contributed by atoms with Gasteiger partial charge >= 0.3 is 12.2 Å². The van der Waals surface area contributed by atoms with E-state index >= 15 is 0 Å². The number of carbonyl (C=O) groups excluding carboxylic acids is 1. The third-order valence-corrected chi connectivity index (χ3v) is 9.41. The molecule has 0 spiro atoms. The first-order chi connectivity index (χ1) is 21.6. The van der Waals surface area contributed by atoms with Gasteiger partial charge in [0.1, 0.15) is 12.2 Å². The average molecular weight is 636 g/mol. The van der Waals surface area contributed by atoms with Gasteiger partial charge in [-0.05, 0) is 49.1 Å². The number of furan rings is 1. The Kier molecular flexibility index (Phi) is 8.43. The van der Waals surface area contributed by atoms with Gasteiger partial charge in [-0.25, -0.2) is 13.4 Å². The van der Waals surface area contributed by atoms with Gasteiger partial charge in [-0.1, -0.05) is 60.7 Å². The number of aryl methyl sites for hydroxylation is 1. The molecule has 0 amide bonds. The van der Waals surface area contributed by atoms with E-state index in [0.717, 1.165) is 17.7 Å². The summed E-state index contributed by atoms with van der Waals surface area (Å²) >= 11 is 0. The summed E-state index contributed by atoms with van der Waals surface area (Å²) in [6.07, 6.45) is -3.45. The Morgan fingerprint density at radius 3 is 2.42 bits per heavy atom. The summed E-state index contributed by atoms with van der Waals surface area (Å²) < 4.78 is 79.0. The number of halogens is 3. The van der Waals surface area contributed by atoms with Crippen molar-refractivity contribution in [3.05, 3.63) is 108 Å². The van der Waals surface area contributed by atoms with Crippen LogP contribution in [0.3, 0.4) is 0 Å². The zero-order valence-corrected chi connectivity index (χ0v) is 24.7. The van der Waals surface area contributed by atoms with Crippen LogP contribution in [0.1, 0.15) is 36.1 Å². The zero-order valence-electron chi connectivity index (χ0n) is 23.9. The molecular weight excluding hydrogens is 607 g/mol. The molecule has 5 aromatic rings. The van der Waals surface area contributed by atoms with Crippen LogP contribution in [0, 0.1) is 0 Å². The largest absolute Gasteiger partial charge is 0.459 e. The third-order valence-electron chi connectivity index (χ3n) is 7.65. The van der Waals surface area contributed by atoms with Crippen molar-refractivity contribution >= 4 is 26.8 Å². The van der Waals surface area contributed by atoms with Crippen LogP contribution in [0.25, 0.3) is 22.2 Å². The van der Waals surface area contributed by atoms with Gasteiger partial charge < -0.3 is 9.15 Å². The number of sulfonamides is 1. The molecule has 232 valence electrons. The minimum Gasteiger partial charge on any atom is -0.459 e. The highest BCUT2D eigenvalue weighted by atomic mass is 32.2. The zero-order chi connectivity index (χ0) is 31.6. The van der Waals surface area contributed by atoms with Crippen molar-refractivity contribution in [3.63, 3.8) is 0 Å². The highest BCUT2D eigenvalue weighted by molar-refractivity contribution is 7.89. The van der Waals surface area contributed by atoms with Crippen molar-refractivity contribution in [3.8, 4) is 17.3 Å². The predicted octanol–water partition coefficient (Wildman–Crippen LogP) is 6.84. The normalized spacial score (nSPS) is 15.8. The number of ether oxygens (including phenoxy) is 1. The molecule has 6 rings (SSSR count). The van der Waals surface area contributed by atoms with E-state index in [9.17, 15) is 26.4 Å².